The average molecular weight is 274 g/mol. The van der Waals surface area contributed by atoms with Crippen LogP contribution in [0.25, 0.3) is 0 Å². The number of carbonyl (C=O) groups excluding carboxylic acids is 1. The largest absolute Gasteiger partial charge is 0.375 e. The Bertz CT molecular complexity index is 377. The lowest BCUT2D eigenvalue weighted by atomic mass is 9.99. The molecule has 1 saturated heterocycles. The molecule has 2 aliphatic carbocycles. The topological polar surface area (TPSA) is 55.6 Å². The molecule has 4 nitrogen and oxygen atoms in total. The molecule has 3 fully saturated rings. The molecule has 1 heterocycles. The number of alkyl halides is 2. The van der Waals surface area contributed by atoms with Crippen molar-refractivity contribution in [2.24, 2.45) is 23.5 Å². The van der Waals surface area contributed by atoms with Crippen molar-refractivity contribution in [2.75, 3.05) is 19.7 Å². The normalized spacial score (nSPS) is 44.9. The molecular formula is C13H20F2N2O2. The Kier molecular flexibility index (Phi) is 3.05. The third-order valence-corrected chi connectivity index (χ3v) is 4.92. The zero-order chi connectivity index (χ0) is 13.8. The molecule has 0 aromatic carbocycles. The summed E-state index contributed by atoms with van der Waals surface area (Å²) in [6.07, 6.45) is 0.938. The van der Waals surface area contributed by atoms with Crippen molar-refractivity contribution >= 4 is 5.91 Å². The summed E-state index contributed by atoms with van der Waals surface area (Å²) in [6.45, 7) is 3.74. The third kappa shape index (κ3) is 2.14. The minimum Gasteiger partial charge on any atom is -0.375 e. The number of carbonyl (C=O) groups is 1. The summed E-state index contributed by atoms with van der Waals surface area (Å²) < 4.78 is 31.8. The fourth-order valence-electron chi connectivity index (χ4n) is 3.90. The number of nitrogens with zero attached hydrogens (tertiary/aromatic N) is 1. The highest BCUT2D eigenvalue weighted by atomic mass is 19.3. The van der Waals surface area contributed by atoms with Gasteiger partial charge in [0, 0.05) is 24.9 Å². The fourth-order valence-corrected chi connectivity index (χ4v) is 3.90. The van der Waals surface area contributed by atoms with E-state index in [0.29, 0.717) is 32.5 Å². The van der Waals surface area contributed by atoms with Gasteiger partial charge in [-0.2, -0.15) is 0 Å². The van der Waals surface area contributed by atoms with Crippen LogP contribution in [0.4, 0.5) is 8.78 Å². The molecular weight excluding hydrogens is 254 g/mol. The maximum Gasteiger partial charge on any atom is 0.254 e. The summed E-state index contributed by atoms with van der Waals surface area (Å²) in [5.74, 6) is -3.37. The van der Waals surface area contributed by atoms with Gasteiger partial charge in [-0.05, 0) is 25.7 Å². The average Bonchev–Trinajstić information content (AvgIpc) is 2.71. The van der Waals surface area contributed by atoms with Crippen LogP contribution in [-0.4, -0.2) is 48.6 Å². The van der Waals surface area contributed by atoms with Crippen LogP contribution in [0.1, 0.15) is 19.8 Å². The standard InChI is InChI=1S/C13H20F2N2O2/c1-7-11(12(16)18)17(2-3-19-7)6-8-4-9-10(5-8)13(9,14)15/h7-11H,2-6H2,1H3,(H2,16,18)/t7-,8?,9?,10?,11+/m1/s1. The third-order valence-electron chi connectivity index (χ3n) is 4.92. The maximum atomic E-state index is 13.2. The van der Waals surface area contributed by atoms with Crippen LogP contribution >= 0.6 is 0 Å². The Morgan fingerprint density at radius 1 is 1.42 bits per heavy atom. The molecule has 0 spiro atoms. The molecule has 0 radical (unpaired) electrons. The van der Waals surface area contributed by atoms with Crippen molar-refractivity contribution in [1.82, 2.24) is 4.90 Å². The zero-order valence-corrected chi connectivity index (χ0v) is 11.0. The summed E-state index contributed by atoms with van der Waals surface area (Å²) in [5.41, 5.74) is 5.42. The van der Waals surface area contributed by atoms with Crippen LogP contribution in [0.2, 0.25) is 0 Å². The second kappa shape index (κ2) is 4.38. The summed E-state index contributed by atoms with van der Waals surface area (Å²) in [6, 6.07) is -0.425. The first kappa shape index (κ1) is 13.2. The first-order chi connectivity index (χ1) is 8.91. The molecule has 1 amide bonds. The Balaban J connectivity index is 1.59. The number of hydrogen-bond acceptors (Lipinski definition) is 3. The van der Waals surface area contributed by atoms with Gasteiger partial charge < -0.3 is 10.5 Å². The monoisotopic (exact) mass is 274 g/mol. The number of hydrogen-bond donors (Lipinski definition) is 1. The number of nitrogens with two attached hydrogens (primary N) is 1. The van der Waals surface area contributed by atoms with E-state index in [1.54, 1.807) is 0 Å². The van der Waals surface area contributed by atoms with Crippen LogP contribution in [0, 0.1) is 17.8 Å². The molecule has 0 aromatic rings. The van der Waals surface area contributed by atoms with E-state index in [0.717, 1.165) is 0 Å². The molecule has 108 valence electrons. The number of primary amides is 1. The lowest BCUT2D eigenvalue weighted by Crippen LogP contribution is -2.57. The highest BCUT2D eigenvalue weighted by Crippen LogP contribution is 2.65. The number of amides is 1. The molecule has 2 N–H and O–H groups in total. The number of rotatable bonds is 3. The van der Waals surface area contributed by atoms with E-state index in [-0.39, 0.29) is 17.9 Å². The first-order valence-electron chi connectivity index (χ1n) is 6.94. The van der Waals surface area contributed by atoms with Gasteiger partial charge in [0.2, 0.25) is 5.91 Å². The van der Waals surface area contributed by atoms with Crippen molar-refractivity contribution < 1.29 is 18.3 Å². The van der Waals surface area contributed by atoms with Crippen molar-refractivity contribution in [1.29, 1.82) is 0 Å². The molecule has 1 aliphatic heterocycles. The summed E-state index contributed by atoms with van der Waals surface area (Å²) >= 11 is 0. The molecule has 0 aromatic heterocycles. The van der Waals surface area contributed by atoms with E-state index >= 15 is 0 Å². The Hall–Kier alpha value is -0.750. The van der Waals surface area contributed by atoms with Crippen LogP contribution in [0.5, 0.6) is 0 Å². The number of ether oxygens (including phenoxy) is 1. The predicted octanol–water partition coefficient (Wildman–Crippen LogP) is 0.852. The molecule has 0 bridgehead atoms. The van der Waals surface area contributed by atoms with E-state index in [4.69, 9.17) is 10.5 Å². The van der Waals surface area contributed by atoms with Crippen molar-refractivity contribution in [3.63, 3.8) is 0 Å². The molecule has 4 atom stereocenters. The summed E-state index contributed by atoms with van der Waals surface area (Å²) in [7, 11) is 0. The highest BCUT2D eigenvalue weighted by molar-refractivity contribution is 5.80. The van der Waals surface area contributed by atoms with Gasteiger partial charge in [0.15, 0.2) is 0 Å². The maximum absolute atomic E-state index is 13.2. The molecule has 2 unspecified atom stereocenters. The van der Waals surface area contributed by atoms with Gasteiger partial charge in [-0.25, -0.2) is 8.78 Å². The van der Waals surface area contributed by atoms with Crippen molar-refractivity contribution in [3.8, 4) is 0 Å². The molecule has 19 heavy (non-hydrogen) atoms. The minimum atomic E-state index is -2.42. The van der Waals surface area contributed by atoms with E-state index < -0.39 is 23.8 Å². The van der Waals surface area contributed by atoms with Gasteiger partial charge in [0.1, 0.15) is 6.04 Å². The predicted molar refractivity (Wildman–Crippen MR) is 64.6 cm³/mol. The molecule has 2 saturated carbocycles. The van der Waals surface area contributed by atoms with E-state index in [9.17, 15) is 13.6 Å². The van der Waals surface area contributed by atoms with Gasteiger partial charge in [0.05, 0.1) is 12.7 Å². The van der Waals surface area contributed by atoms with Crippen LogP contribution in [0.3, 0.4) is 0 Å². The van der Waals surface area contributed by atoms with Crippen molar-refractivity contribution in [2.45, 2.75) is 37.8 Å². The number of halogens is 2. The quantitative estimate of drug-likeness (QED) is 0.830. The van der Waals surface area contributed by atoms with Crippen molar-refractivity contribution in [3.05, 3.63) is 0 Å². The molecule has 6 heteroatoms. The Morgan fingerprint density at radius 2 is 2.05 bits per heavy atom. The number of fused-ring (bicyclic) bond motifs is 1. The Labute approximate surface area is 111 Å². The Morgan fingerprint density at radius 3 is 2.63 bits per heavy atom. The second-order valence-electron chi connectivity index (χ2n) is 6.14. The zero-order valence-electron chi connectivity index (χ0n) is 11.0. The molecule has 3 rings (SSSR count). The van der Waals surface area contributed by atoms with Gasteiger partial charge in [-0.3, -0.25) is 9.69 Å². The van der Waals surface area contributed by atoms with Crippen LogP contribution in [-0.2, 0) is 9.53 Å². The lowest BCUT2D eigenvalue weighted by Gasteiger charge is -2.39. The summed E-state index contributed by atoms with van der Waals surface area (Å²) in [5, 5.41) is 0. The van der Waals surface area contributed by atoms with Gasteiger partial charge in [-0.1, -0.05) is 0 Å². The lowest BCUT2D eigenvalue weighted by molar-refractivity contribution is -0.136. The second-order valence-corrected chi connectivity index (χ2v) is 6.14. The highest BCUT2D eigenvalue weighted by Gasteiger charge is 2.71. The smallest absolute Gasteiger partial charge is 0.254 e. The minimum absolute atomic E-state index is 0.219. The van der Waals surface area contributed by atoms with Crippen LogP contribution < -0.4 is 5.73 Å². The van der Waals surface area contributed by atoms with E-state index in [2.05, 4.69) is 0 Å². The van der Waals surface area contributed by atoms with Gasteiger partial charge >= 0.3 is 0 Å². The van der Waals surface area contributed by atoms with Gasteiger partial charge in [0.25, 0.3) is 5.92 Å². The SMILES string of the molecule is C[C@H]1OCCN(CC2CC3C(C2)C3(F)F)[C@@H]1C(N)=O. The number of morpholine rings is 1. The first-order valence-corrected chi connectivity index (χ1v) is 6.94. The fraction of sp³-hybridized carbons (Fsp3) is 0.923. The molecule has 3 aliphatic rings. The van der Waals surface area contributed by atoms with Crippen LogP contribution in [0.15, 0.2) is 0 Å². The summed E-state index contributed by atoms with van der Waals surface area (Å²) in [4.78, 5) is 13.5. The van der Waals surface area contributed by atoms with E-state index in [1.165, 1.54) is 0 Å². The van der Waals surface area contributed by atoms with Gasteiger partial charge in [-0.15, -0.1) is 0 Å². The van der Waals surface area contributed by atoms with E-state index in [1.807, 2.05) is 11.8 Å².